The molecule has 0 unspecified atom stereocenters. The van der Waals surface area contributed by atoms with Gasteiger partial charge in [-0.05, 0) is 41.5 Å². The Morgan fingerprint density at radius 3 is 0.731 bits per heavy atom. The van der Waals surface area contributed by atoms with Gasteiger partial charge in [0, 0.05) is 0 Å². The van der Waals surface area contributed by atoms with Crippen LogP contribution in [-0.4, -0.2) is 87.4 Å². The van der Waals surface area contributed by atoms with Crippen LogP contribution >= 0.6 is 0 Å². The third-order valence-corrected chi connectivity index (χ3v) is 5.97. The average molecular weight is 376 g/mol. The summed E-state index contributed by atoms with van der Waals surface area (Å²) in [5, 5.41) is 65.5. The van der Waals surface area contributed by atoms with E-state index in [1.54, 1.807) is 0 Å². The van der Waals surface area contributed by atoms with Crippen molar-refractivity contribution < 1.29 is 49.8 Å². The van der Waals surface area contributed by atoms with Gasteiger partial charge in [-0.2, -0.15) is 0 Å². The maximum absolute atomic E-state index is 12.3. The Bertz CT molecular complexity index is 650. The third kappa shape index (κ3) is 1.77. The minimum absolute atomic E-state index is 0.568. The van der Waals surface area contributed by atoms with Crippen LogP contribution in [0.1, 0.15) is 41.5 Å². The number of hydrogen-bond acceptors (Lipinski definition) is 10. The van der Waals surface area contributed by atoms with E-state index < -0.39 is 56.7 Å². The van der Waals surface area contributed by atoms with Crippen molar-refractivity contribution in [1.29, 1.82) is 0 Å². The molecule has 0 heterocycles. The van der Waals surface area contributed by atoms with E-state index in [2.05, 4.69) is 0 Å². The smallest absolute Gasteiger partial charge is 0.201 e. The Morgan fingerprint density at radius 2 is 0.615 bits per heavy atom. The predicted molar refractivity (Wildman–Crippen MR) is 83.8 cm³/mol. The molecule has 148 valence electrons. The van der Waals surface area contributed by atoms with E-state index in [-0.39, 0.29) is 0 Å². The van der Waals surface area contributed by atoms with Crippen molar-refractivity contribution in [3.05, 3.63) is 0 Å². The van der Waals surface area contributed by atoms with Gasteiger partial charge in [0.15, 0.2) is 34.3 Å². The summed E-state index contributed by atoms with van der Waals surface area (Å²) in [5.41, 5.74) is -21.6. The molecule has 10 nitrogen and oxygen atoms in total. The molecule has 1 aliphatic carbocycles. The molecular formula is C16H24O10. The van der Waals surface area contributed by atoms with Gasteiger partial charge in [0.1, 0.15) is 11.2 Å². The third-order valence-electron chi connectivity index (χ3n) is 5.97. The van der Waals surface area contributed by atoms with Crippen LogP contribution in [0, 0.1) is 0 Å². The van der Waals surface area contributed by atoms with Crippen LogP contribution in [0.15, 0.2) is 0 Å². The fraction of sp³-hybridized carbons (Fsp3) is 0.750. The Hall–Kier alpha value is -1.56. The normalized spacial score (nSPS) is 48.8. The second-order valence-electron chi connectivity index (χ2n) is 7.21. The van der Waals surface area contributed by atoms with E-state index in [1.807, 2.05) is 0 Å². The lowest BCUT2D eigenvalue weighted by molar-refractivity contribution is -0.387. The Kier molecular flexibility index (Phi) is 4.73. The number of hydrogen-bond donors (Lipinski definition) is 6. The number of rotatable bonds is 4. The lowest BCUT2D eigenvalue weighted by atomic mass is 9.42. The van der Waals surface area contributed by atoms with E-state index in [9.17, 15) is 49.8 Å². The molecule has 6 atom stereocenters. The molecule has 1 saturated carbocycles. The lowest BCUT2D eigenvalue weighted by Crippen LogP contribution is -2.98. The van der Waals surface area contributed by atoms with Crippen molar-refractivity contribution in [2.45, 2.75) is 75.1 Å². The fourth-order valence-electron chi connectivity index (χ4n) is 4.15. The second kappa shape index (κ2) is 5.47. The summed E-state index contributed by atoms with van der Waals surface area (Å²) in [6.45, 7) is 3.54. The Balaban J connectivity index is 4.41. The number of carbonyl (C=O) groups is 4. The first-order chi connectivity index (χ1) is 11.3. The van der Waals surface area contributed by atoms with Crippen molar-refractivity contribution in [3.63, 3.8) is 0 Å². The van der Waals surface area contributed by atoms with Crippen LogP contribution < -0.4 is 0 Å². The van der Waals surface area contributed by atoms with Gasteiger partial charge in [0.05, 0.1) is 0 Å². The van der Waals surface area contributed by atoms with E-state index in [0.717, 1.165) is 0 Å². The molecule has 0 aromatic carbocycles. The first-order valence-electron chi connectivity index (χ1n) is 7.66. The summed E-state index contributed by atoms with van der Waals surface area (Å²) < 4.78 is 0. The van der Waals surface area contributed by atoms with Gasteiger partial charge < -0.3 is 30.6 Å². The zero-order valence-electron chi connectivity index (χ0n) is 15.3. The SMILES string of the molecule is CC(=O)[C@]1(O)[C@@](O)(C(C)=O)[C@](O)(C(C)=O)[C@](C)(O)[C@](C)(O)[C@]1(O)C(C)=O. The standard InChI is InChI=1S/C16H24O10/c1-7(17)13(23)11(5,21)12(6,22)14(24,8(2)18)16(26,10(4)20)15(13,25)9(3)19/h21-26H,1-6H3/t11-,12+,13+,14-,15-,16-/m1/s1. The van der Waals surface area contributed by atoms with Gasteiger partial charge >= 0.3 is 0 Å². The first kappa shape index (κ1) is 22.5. The maximum atomic E-state index is 12.3. The molecule has 0 saturated heterocycles. The van der Waals surface area contributed by atoms with E-state index in [4.69, 9.17) is 0 Å². The van der Waals surface area contributed by atoms with Crippen molar-refractivity contribution >= 4 is 23.1 Å². The zero-order chi connectivity index (χ0) is 21.3. The molecule has 0 radical (unpaired) electrons. The van der Waals surface area contributed by atoms with Crippen LogP contribution in [0.3, 0.4) is 0 Å². The van der Waals surface area contributed by atoms with Gasteiger partial charge in [-0.15, -0.1) is 0 Å². The van der Waals surface area contributed by atoms with Gasteiger partial charge in [-0.25, -0.2) is 0 Å². The molecule has 0 bridgehead atoms. The van der Waals surface area contributed by atoms with Crippen LogP contribution in [-0.2, 0) is 19.2 Å². The molecule has 1 aliphatic rings. The van der Waals surface area contributed by atoms with Crippen LogP contribution in [0.4, 0.5) is 0 Å². The molecule has 0 aromatic rings. The predicted octanol–water partition coefficient (Wildman–Crippen LogP) is -3.22. The van der Waals surface area contributed by atoms with Gasteiger partial charge in [0.25, 0.3) is 0 Å². The molecule has 0 aromatic heterocycles. The highest BCUT2D eigenvalue weighted by atomic mass is 16.5. The van der Waals surface area contributed by atoms with Crippen LogP contribution in [0.25, 0.3) is 0 Å². The zero-order valence-corrected chi connectivity index (χ0v) is 15.3. The summed E-state index contributed by atoms with van der Waals surface area (Å²) >= 11 is 0. The molecule has 0 amide bonds. The van der Waals surface area contributed by atoms with E-state index >= 15 is 0 Å². The summed E-state index contributed by atoms with van der Waals surface area (Å²) in [6, 6.07) is 0. The maximum Gasteiger partial charge on any atom is 0.201 e. The summed E-state index contributed by atoms with van der Waals surface area (Å²) in [7, 11) is 0. The topological polar surface area (TPSA) is 190 Å². The molecule has 1 rings (SSSR count). The van der Waals surface area contributed by atoms with Crippen LogP contribution in [0.5, 0.6) is 0 Å². The quantitative estimate of drug-likeness (QED) is 0.291. The van der Waals surface area contributed by atoms with Crippen molar-refractivity contribution in [2.24, 2.45) is 0 Å². The largest absolute Gasteiger partial charge is 0.383 e. The molecule has 1 fully saturated rings. The highest BCUT2D eigenvalue weighted by Crippen LogP contribution is 2.59. The second-order valence-corrected chi connectivity index (χ2v) is 7.21. The first-order valence-corrected chi connectivity index (χ1v) is 7.66. The van der Waals surface area contributed by atoms with Crippen molar-refractivity contribution in [1.82, 2.24) is 0 Å². The number of ketones is 4. The minimum atomic E-state index is -3.87. The van der Waals surface area contributed by atoms with E-state index in [1.165, 1.54) is 0 Å². The molecule has 10 heteroatoms. The van der Waals surface area contributed by atoms with Crippen molar-refractivity contribution in [3.8, 4) is 0 Å². The Labute approximate surface area is 149 Å². The minimum Gasteiger partial charge on any atom is -0.383 e. The van der Waals surface area contributed by atoms with Gasteiger partial charge in [-0.1, -0.05) is 0 Å². The summed E-state index contributed by atoms with van der Waals surface area (Å²) in [6.07, 6.45) is 0. The summed E-state index contributed by atoms with van der Waals surface area (Å²) in [4.78, 5) is 49.0. The fourth-order valence-corrected chi connectivity index (χ4v) is 4.15. The Morgan fingerprint density at radius 1 is 0.462 bits per heavy atom. The highest BCUT2D eigenvalue weighted by molar-refractivity contribution is 6.10. The molecule has 0 aliphatic heterocycles. The van der Waals surface area contributed by atoms with Crippen LogP contribution in [0.2, 0.25) is 0 Å². The van der Waals surface area contributed by atoms with E-state index in [0.29, 0.717) is 41.5 Å². The number of carbonyl (C=O) groups excluding carboxylic acids is 4. The number of aliphatic hydroxyl groups is 6. The molecule has 6 N–H and O–H groups in total. The number of Topliss-reactive ketones (excluding diaryl/α,β-unsaturated/α-hetero) is 4. The molecular weight excluding hydrogens is 352 g/mol. The highest BCUT2D eigenvalue weighted by Gasteiger charge is 2.91. The van der Waals surface area contributed by atoms with Crippen molar-refractivity contribution in [2.75, 3.05) is 0 Å². The summed E-state index contributed by atoms with van der Waals surface area (Å²) in [5.74, 6) is -6.23. The monoisotopic (exact) mass is 376 g/mol. The molecule has 0 spiro atoms. The molecule has 26 heavy (non-hydrogen) atoms. The lowest BCUT2D eigenvalue weighted by Gasteiger charge is -2.68. The van der Waals surface area contributed by atoms with Gasteiger partial charge in [-0.3, -0.25) is 19.2 Å². The van der Waals surface area contributed by atoms with Gasteiger partial charge in [0.2, 0.25) is 11.2 Å². The average Bonchev–Trinajstić information content (AvgIpc) is 2.48.